The number of hydrogen-bond donors (Lipinski definition) is 3. The molecule has 6 nitrogen and oxygen atoms in total. The van der Waals surface area contributed by atoms with Crippen LogP contribution in [0.15, 0.2) is 24.3 Å². The lowest BCUT2D eigenvalue weighted by molar-refractivity contribution is -0.143. The molecule has 1 amide bonds. The molecule has 0 aromatic rings. The van der Waals surface area contributed by atoms with Crippen LogP contribution < -0.4 is 5.32 Å². The van der Waals surface area contributed by atoms with Crippen LogP contribution in [0.4, 0.5) is 0 Å². The van der Waals surface area contributed by atoms with Crippen LogP contribution in [0, 0.1) is 0 Å². The molecule has 0 spiro atoms. The molecule has 2 unspecified atom stereocenters. The van der Waals surface area contributed by atoms with Crippen molar-refractivity contribution in [3.63, 3.8) is 0 Å². The zero-order valence-corrected chi connectivity index (χ0v) is 33.1. The summed E-state index contributed by atoms with van der Waals surface area (Å²) in [5, 5.41) is 22.9. The summed E-state index contributed by atoms with van der Waals surface area (Å²) < 4.78 is 5.42. The van der Waals surface area contributed by atoms with E-state index in [0.29, 0.717) is 25.9 Å². The first-order valence-electron chi connectivity index (χ1n) is 21.6. The molecule has 0 aliphatic heterocycles. The molecule has 0 saturated heterocycles. The molecule has 0 saturated carbocycles. The van der Waals surface area contributed by atoms with Crippen molar-refractivity contribution < 1.29 is 24.5 Å². The molecule has 0 bridgehead atoms. The Morgan fingerprint density at radius 1 is 0.540 bits per heavy atom. The number of unbranched alkanes of at least 4 members (excludes halogenated alkanes) is 24. The summed E-state index contributed by atoms with van der Waals surface area (Å²) in [5.41, 5.74) is 0. The molecular weight excluding hydrogens is 622 g/mol. The fourth-order valence-corrected chi connectivity index (χ4v) is 6.34. The molecule has 0 aliphatic rings. The quantitative estimate of drug-likeness (QED) is 0.0336. The summed E-state index contributed by atoms with van der Waals surface area (Å²) in [6.07, 6.45) is 44.3. The van der Waals surface area contributed by atoms with Crippen LogP contribution in [-0.2, 0) is 14.3 Å². The van der Waals surface area contributed by atoms with Gasteiger partial charge in [-0.25, -0.2) is 0 Å². The van der Waals surface area contributed by atoms with Crippen LogP contribution in [-0.4, -0.2) is 47.4 Å². The van der Waals surface area contributed by atoms with Gasteiger partial charge >= 0.3 is 5.97 Å². The molecule has 0 rings (SSSR count). The van der Waals surface area contributed by atoms with Crippen molar-refractivity contribution in [2.45, 2.75) is 231 Å². The maximum absolute atomic E-state index is 12.3. The van der Waals surface area contributed by atoms with E-state index in [4.69, 9.17) is 4.74 Å². The van der Waals surface area contributed by atoms with Crippen molar-refractivity contribution in [1.29, 1.82) is 0 Å². The number of aliphatic hydroxyl groups excluding tert-OH is 2. The summed E-state index contributed by atoms with van der Waals surface area (Å²) in [6.45, 7) is 4.81. The van der Waals surface area contributed by atoms with Crippen molar-refractivity contribution in [1.82, 2.24) is 5.32 Å². The summed E-state index contributed by atoms with van der Waals surface area (Å²) in [5.74, 6) is -0.145. The SMILES string of the molecule is CCCCCCCC/C=C\CCCCCCCC(=O)OCCCCCC/C=C\CCCC(=O)NC(CO)C(O)CCCCCCCCCCC. The number of carbonyl (C=O) groups excluding carboxylic acids is 2. The number of hydrogen-bond acceptors (Lipinski definition) is 5. The molecule has 0 fully saturated rings. The van der Waals surface area contributed by atoms with Gasteiger partial charge in [0.25, 0.3) is 0 Å². The third-order valence-corrected chi connectivity index (χ3v) is 9.72. The molecule has 294 valence electrons. The number of esters is 1. The van der Waals surface area contributed by atoms with E-state index in [2.05, 4.69) is 43.5 Å². The van der Waals surface area contributed by atoms with E-state index in [1.807, 2.05) is 0 Å². The van der Waals surface area contributed by atoms with E-state index >= 15 is 0 Å². The minimum Gasteiger partial charge on any atom is -0.466 e. The number of aliphatic hydroxyl groups is 2. The summed E-state index contributed by atoms with van der Waals surface area (Å²) in [6, 6.07) is -0.576. The Kier molecular flexibility index (Phi) is 38.8. The second-order valence-corrected chi connectivity index (χ2v) is 14.7. The maximum Gasteiger partial charge on any atom is 0.305 e. The number of allylic oxidation sites excluding steroid dienone is 4. The molecule has 0 aromatic carbocycles. The number of nitrogens with one attached hydrogen (secondary N) is 1. The Labute approximate surface area is 310 Å². The van der Waals surface area contributed by atoms with Crippen molar-refractivity contribution in [3.05, 3.63) is 24.3 Å². The van der Waals surface area contributed by atoms with Crippen LogP contribution in [0.3, 0.4) is 0 Å². The van der Waals surface area contributed by atoms with Crippen LogP contribution in [0.25, 0.3) is 0 Å². The maximum atomic E-state index is 12.3. The molecule has 3 N–H and O–H groups in total. The second kappa shape index (κ2) is 40.1. The Bertz CT molecular complexity index is 782. The van der Waals surface area contributed by atoms with E-state index in [0.717, 1.165) is 70.6 Å². The summed E-state index contributed by atoms with van der Waals surface area (Å²) >= 11 is 0. The highest BCUT2D eigenvalue weighted by molar-refractivity contribution is 5.76. The van der Waals surface area contributed by atoms with E-state index in [-0.39, 0.29) is 18.5 Å². The molecular formula is C44H83NO5. The standard InChI is InChI=1S/C44H83NO5/c1-3-5-7-9-11-13-14-15-16-17-18-22-26-30-34-38-44(49)50-39-35-31-27-23-19-21-25-29-33-37-43(48)45-41(40-46)42(47)36-32-28-24-20-12-10-8-6-4-2/h15-16,21,25,41-42,46-47H,3-14,17-20,22-24,26-40H2,1-2H3,(H,45,48)/b16-15-,25-21-. The highest BCUT2D eigenvalue weighted by atomic mass is 16.5. The fraction of sp³-hybridized carbons (Fsp3) is 0.864. The largest absolute Gasteiger partial charge is 0.466 e. The van der Waals surface area contributed by atoms with Gasteiger partial charge in [-0.2, -0.15) is 0 Å². The fourth-order valence-electron chi connectivity index (χ4n) is 6.34. The van der Waals surface area contributed by atoms with Gasteiger partial charge in [0.2, 0.25) is 5.91 Å². The number of rotatable bonds is 39. The second-order valence-electron chi connectivity index (χ2n) is 14.7. The van der Waals surface area contributed by atoms with E-state index in [1.54, 1.807) is 0 Å². The predicted molar refractivity (Wildman–Crippen MR) is 213 cm³/mol. The number of carbonyl (C=O) groups is 2. The average molecular weight is 706 g/mol. The molecule has 0 radical (unpaired) electrons. The lowest BCUT2D eigenvalue weighted by Gasteiger charge is -2.22. The highest BCUT2D eigenvalue weighted by Gasteiger charge is 2.19. The van der Waals surface area contributed by atoms with Crippen molar-refractivity contribution in [3.8, 4) is 0 Å². The van der Waals surface area contributed by atoms with E-state index in [9.17, 15) is 19.8 Å². The predicted octanol–water partition coefficient (Wildman–Crippen LogP) is 12.0. The van der Waals surface area contributed by atoms with Crippen molar-refractivity contribution >= 4 is 11.9 Å². The topological polar surface area (TPSA) is 95.9 Å². The van der Waals surface area contributed by atoms with Crippen molar-refractivity contribution in [2.24, 2.45) is 0 Å². The Morgan fingerprint density at radius 2 is 0.960 bits per heavy atom. The van der Waals surface area contributed by atoms with Crippen LogP contribution in [0.1, 0.15) is 219 Å². The lowest BCUT2D eigenvalue weighted by atomic mass is 10.0. The molecule has 0 heterocycles. The minimum absolute atomic E-state index is 0.0450. The summed E-state index contributed by atoms with van der Waals surface area (Å²) in [7, 11) is 0. The zero-order valence-electron chi connectivity index (χ0n) is 33.1. The average Bonchev–Trinajstić information content (AvgIpc) is 3.11. The number of amides is 1. The molecule has 50 heavy (non-hydrogen) atoms. The van der Waals surface area contributed by atoms with E-state index in [1.165, 1.54) is 116 Å². The Balaban J connectivity index is 3.55. The molecule has 0 aliphatic carbocycles. The van der Waals surface area contributed by atoms with Gasteiger partial charge in [0, 0.05) is 12.8 Å². The third kappa shape index (κ3) is 36.1. The third-order valence-electron chi connectivity index (χ3n) is 9.72. The lowest BCUT2D eigenvalue weighted by Crippen LogP contribution is -2.45. The van der Waals surface area contributed by atoms with Gasteiger partial charge in [-0.3, -0.25) is 9.59 Å². The van der Waals surface area contributed by atoms with Gasteiger partial charge in [0.05, 0.1) is 25.4 Å². The van der Waals surface area contributed by atoms with Crippen LogP contribution >= 0.6 is 0 Å². The normalized spacial score (nSPS) is 13.0. The van der Waals surface area contributed by atoms with Crippen LogP contribution in [0.2, 0.25) is 0 Å². The first-order chi connectivity index (χ1) is 24.5. The van der Waals surface area contributed by atoms with Gasteiger partial charge in [-0.05, 0) is 70.6 Å². The minimum atomic E-state index is -0.692. The van der Waals surface area contributed by atoms with Gasteiger partial charge in [0.1, 0.15) is 0 Å². The smallest absolute Gasteiger partial charge is 0.305 e. The first kappa shape index (κ1) is 48.3. The first-order valence-corrected chi connectivity index (χ1v) is 21.6. The van der Waals surface area contributed by atoms with Crippen molar-refractivity contribution in [2.75, 3.05) is 13.2 Å². The van der Waals surface area contributed by atoms with Gasteiger partial charge < -0.3 is 20.3 Å². The van der Waals surface area contributed by atoms with Crippen LogP contribution in [0.5, 0.6) is 0 Å². The monoisotopic (exact) mass is 706 g/mol. The molecule has 0 aromatic heterocycles. The molecule has 6 heteroatoms. The molecule has 2 atom stereocenters. The highest BCUT2D eigenvalue weighted by Crippen LogP contribution is 2.14. The number of ether oxygens (including phenoxy) is 1. The summed E-state index contributed by atoms with van der Waals surface area (Å²) in [4.78, 5) is 24.3. The van der Waals surface area contributed by atoms with Gasteiger partial charge in [-0.15, -0.1) is 0 Å². The Morgan fingerprint density at radius 3 is 1.46 bits per heavy atom. The zero-order chi connectivity index (χ0) is 36.6. The van der Waals surface area contributed by atoms with Gasteiger partial charge in [0.15, 0.2) is 0 Å². The van der Waals surface area contributed by atoms with E-state index < -0.39 is 12.1 Å². The van der Waals surface area contributed by atoms with Gasteiger partial charge in [-0.1, -0.05) is 160 Å². The Hall–Kier alpha value is -1.66.